The zero-order chi connectivity index (χ0) is 17.3. The highest BCUT2D eigenvalue weighted by atomic mass is 32.2. The van der Waals surface area contributed by atoms with Gasteiger partial charge in [0.15, 0.2) is 5.78 Å². The van der Waals surface area contributed by atoms with Crippen molar-refractivity contribution in [3.05, 3.63) is 53.3 Å². The minimum Gasteiger partial charge on any atom is -0.368 e. The molecule has 1 unspecified atom stereocenters. The fourth-order valence-electron chi connectivity index (χ4n) is 2.73. The maximum Gasteiger partial charge on any atom is 0.216 e. The van der Waals surface area contributed by atoms with Crippen LogP contribution in [0.15, 0.2) is 41.6 Å². The Morgan fingerprint density at radius 3 is 2.62 bits per heavy atom. The number of carbonyl (C=O) groups is 1. The molecule has 0 amide bonds. The van der Waals surface area contributed by atoms with E-state index in [-0.39, 0.29) is 17.0 Å². The van der Waals surface area contributed by atoms with Crippen molar-refractivity contribution in [1.82, 2.24) is 19.7 Å². The van der Waals surface area contributed by atoms with Crippen LogP contribution >= 0.6 is 11.8 Å². The van der Waals surface area contributed by atoms with Gasteiger partial charge in [0.1, 0.15) is 0 Å². The second-order valence-electron chi connectivity index (χ2n) is 5.58. The van der Waals surface area contributed by atoms with Crippen LogP contribution in [0.1, 0.15) is 28.7 Å². The van der Waals surface area contributed by atoms with E-state index < -0.39 is 0 Å². The van der Waals surface area contributed by atoms with Gasteiger partial charge in [-0.25, -0.2) is 5.10 Å². The van der Waals surface area contributed by atoms with Crippen LogP contribution in [0.5, 0.6) is 0 Å². The number of rotatable bonds is 5. The molecule has 0 aliphatic heterocycles. The van der Waals surface area contributed by atoms with Crippen LogP contribution in [-0.2, 0) is 0 Å². The number of H-pyrrole nitrogens is 1. The van der Waals surface area contributed by atoms with Crippen LogP contribution in [0.2, 0.25) is 0 Å². The Morgan fingerprint density at radius 1 is 1.29 bits per heavy atom. The summed E-state index contributed by atoms with van der Waals surface area (Å²) in [5.74, 6) is 0.304. The van der Waals surface area contributed by atoms with Gasteiger partial charge in [0.25, 0.3) is 0 Å². The highest BCUT2D eigenvalue weighted by Gasteiger charge is 2.23. The minimum absolute atomic E-state index is 0.0543. The van der Waals surface area contributed by atoms with Gasteiger partial charge >= 0.3 is 0 Å². The van der Waals surface area contributed by atoms with Crippen molar-refractivity contribution in [3.63, 3.8) is 0 Å². The number of thioether (sulfide) groups is 1. The van der Waals surface area contributed by atoms with Crippen molar-refractivity contribution in [3.8, 4) is 5.69 Å². The number of hydrogen-bond donors (Lipinski definition) is 2. The Hall–Kier alpha value is -2.54. The summed E-state index contributed by atoms with van der Waals surface area (Å²) in [4.78, 5) is 16.9. The maximum absolute atomic E-state index is 12.8. The van der Waals surface area contributed by atoms with Crippen LogP contribution in [0.25, 0.3) is 5.69 Å². The van der Waals surface area contributed by atoms with E-state index in [4.69, 9.17) is 5.73 Å². The average molecular weight is 341 g/mol. The van der Waals surface area contributed by atoms with Crippen molar-refractivity contribution in [1.29, 1.82) is 0 Å². The summed E-state index contributed by atoms with van der Waals surface area (Å²) in [6.45, 7) is 5.83. The molecule has 3 rings (SSSR count). The number of anilines is 1. The molecule has 0 bridgehead atoms. The van der Waals surface area contributed by atoms with Gasteiger partial charge < -0.3 is 10.3 Å². The number of ketones is 1. The molecule has 0 aliphatic carbocycles. The van der Waals surface area contributed by atoms with Crippen LogP contribution in [0.4, 0.5) is 5.95 Å². The second-order valence-corrected chi connectivity index (χ2v) is 6.89. The molecule has 6 nitrogen and oxygen atoms in total. The van der Waals surface area contributed by atoms with E-state index in [0.717, 1.165) is 22.6 Å². The van der Waals surface area contributed by atoms with E-state index in [1.54, 1.807) is 0 Å². The van der Waals surface area contributed by atoms with Crippen molar-refractivity contribution < 1.29 is 4.79 Å². The average Bonchev–Trinajstić information content (AvgIpc) is 3.10. The summed E-state index contributed by atoms with van der Waals surface area (Å²) in [6.07, 6.45) is 0. The quantitative estimate of drug-likeness (QED) is 0.549. The molecule has 0 radical (unpaired) electrons. The smallest absolute Gasteiger partial charge is 0.216 e. The molecule has 3 N–H and O–H groups in total. The summed E-state index contributed by atoms with van der Waals surface area (Å²) in [5, 5.41) is 6.72. The Bertz CT molecular complexity index is 868. The number of nitrogens with zero attached hydrogens (tertiary/aromatic N) is 3. The Balaban J connectivity index is 1.88. The summed E-state index contributed by atoms with van der Waals surface area (Å²) < 4.78 is 2.09. The molecule has 2 heterocycles. The predicted octanol–water partition coefficient (Wildman–Crippen LogP) is 3.16. The van der Waals surface area contributed by atoms with E-state index in [0.29, 0.717) is 5.16 Å². The monoisotopic (exact) mass is 341 g/mol. The number of para-hydroxylation sites is 1. The van der Waals surface area contributed by atoms with Crippen LogP contribution in [-0.4, -0.2) is 30.8 Å². The van der Waals surface area contributed by atoms with Gasteiger partial charge in [-0.05, 0) is 39.0 Å². The molecular weight excluding hydrogens is 322 g/mol. The number of nitrogens with two attached hydrogens (primary N) is 1. The van der Waals surface area contributed by atoms with Gasteiger partial charge in [0.05, 0.1) is 5.25 Å². The summed E-state index contributed by atoms with van der Waals surface area (Å²) in [6, 6.07) is 12.0. The molecule has 3 aromatic rings. The largest absolute Gasteiger partial charge is 0.368 e. The van der Waals surface area contributed by atoms with Crippen molar-refractivity contribution in [2.24, 2.45) is 0 Å². The molecule has 0 fully saturated rings. The lowest BCUT2D eigenvalue weighted by Crippen LogP contribution is -2.14. The van der Waals surface area contributed by atoms with Gasteiger partial charge in [-0.15, -0.1) is 5.10 Å². The molecule has 0 saturated carbocycles. The first-order chi connectivity index (χ1) is 11.5. The van der Waals surface area contributed by atoms with Crippen LogP contribution in [0.3, 0.4) is 0 Å². The molecule has 1 atom stereocenters. The molecule has 0 aliphatic rings. The lowest BCUT2D eigenvalue weighted by molar-refractivity contribution is 0.0993. The lowest BCUT2D eigenvalue weighted by Gasteiger charge is -2.11. The zero-order valence-corrected chi connectivity index (χ0v) is 14.6. The maximum atomic E-state index is 12.8. The number of aromatic nitrogens is 4. The zero-order valence-electron chi connectivity index (χ0n) is 13.8. The number of hydrogen-bond acceptors (Lipinski definition) is 5. The van der Waals surface area contributed by atoms with E-state index in [1.807, 2.05) is 57.2 Å². The van der Waals surface area contributed by atoms with Crippen molar-refractivity contribution in [2.45, 2.75) is 31.2 Å². The molecule has 2 aromatic heterocycles. The second kappa shape index (κ2) is 6.52. The van der Waals surface area contributed by atoms with Crippen molar-refractivity contribution >= 4 is 23.5 Å². The molecule has 7 heteroatoms. The molecule has 1 aromatic carbocycles. The predicted molar refractivity (Wildman–Crippen MR) is 95.7 cm³/mol. The standard InChI is InChI=1S/C17H19N5OS/c1-10-9-14(11(2)22(10)13-7-5-4-6-8-13)15(23)12(3)24-17-19-16(18)20-21-17/h4-9,12H,1-3H3,(H3,18,19,20,21). The van der Waals surface area contributed by atoms with Gasteiger partial charge in [-0.1, -0.05) is 30.0 Å². The van der Waals surface area contributed by atoms with E-state index in [2.05, 4.69) is 19.7 Å². The number of benzene rings is 1. The topological polar surface area (TPSA) is 89.6 Å². The van der Waals surface area contributed by atoms with E-state index in [1.165, 1.54) is 11.8 Å². The third-order valence-electron chi connectivity index (χ3n) is 3.84. The molecule has 24 heavy (non-hydrogen) atoms. The number of carbonyl (C=O) groups excluding carboxylic acids is 1. The summed E-state index contributed by atoms with van der Waals surface area (Å²) in [7, 11) is 0. The van der Waals surface area contributed by atoms with Gasteiger partial charge in [0, 0.05) is 22.6 Å². The van der Waals surface area contributed by atoms with Gasteiger partial charge in [0.2, 0.25) is 11.1 Å². The third kappa shape index (κ3) is 3.07. The van der Waals surface area contributed by atoms with E-state index in [9.17, 15) is 4.79 Å². The minimum atomic E-state index is -0.301. The first kappa shape index (κ1) is 16.3. The van der Waals surface area contributed by atoms with Crippen LogP contribution < -0.4 is 5.73 Å². The highest BCUT2D eigenvalue weighted by molar-refractivity contribution is 8.00. The fourth-order valence-corrected chi connectivity index (χ4v) is 3.53. The first-order valence-electron chi connectivity index (χ1n) is 7.60. The Morgan fingerprint density at radius 2 is 2.00 bits per heavy atom. The number of nitrogen functional groups attached to an aromatic ring is 1. The Labute approximate surface area is 144 Å². The first-order valence-corrected chi connectivity index (χ1v) is 8.48. The highest BCUT2D eigenvalue weighted by Crippen LogP contribution is 2.27. The number of aromatic amines is 1. The molecule has 124 valence electrons. The Kier molecular flexibility index (Phi) is 4.44. The third-order valence-corrected chi connectivity index (χ3v) is 4.81. The lowest BCUT2D eigenvalue weighted by atomic mass is 10.1. The molecular formula is C17H19N5OS. The molecule has 0 saturated heterocycles. The van der Waals surface area contributed by atoms with Crippen molar-refractivity contribution in [2.75, 3.05) is 5.73 Å². The molecule has 0 spiro atoms. The normalized spacial score (nSPS) is 12.3. The SMILES string of the molecule is Cc1cc(C(=O)C(C)Sc2n[nH]c(N)n2)c(C)n1-c1ccccc1. The number of nitrogens with one attached hydrogen (secondary N) is 1. The van der Waals surface area contributed by atoms with Gasteiger partial charge in [-0.2, -0.15) is 4.98 Å². The van der Waals surface area contributed by atoms with E-state index >= 15 is 0 Å². The number of aryl methyl sites for hydroxylation is 1. The summed E-state index contributed by atoms with van der Waals surface area (Å²) >= 11 is 1.29. The number of Topliss-reactive ketones (excluding diaryl/α,β-unsaturated/α-hetero) is 1. The fraction of sp³-hybridized carbons (Fsp3) is 0.235. The van der Waals surface area contributed by atoms with Gasteiger partial charge in [-0.3, -0.25) is 4.79 Å². The summed E-state index contributed by atoms with van der Waals surface area (Å²) in [5.41, 5.74) is 9.26. The van der Waals surface area contributed by atoms with Crippen LogP contribution in [0, 0.1) is 13.8 Å².